The second-order valence-corrected chi connectivity index (χ2v) is 13.5. The van der Waals surface area contributed by atoms with Crippen molar-refractivity contribution >= 4 is 37.6 Å². The third-order valence-electron chi connectivity index (χ3n) is 3.66. The summed E-state index contributed by atoms with van der Waals surface area (Å²) in [6.45, 7) is 4.93. The topological polar surface area (TPSA) is 49.2 Å². The van der Waals surface area contributed by atoms with E-state index in [0.717, 1.165) is 16.5 Å². The van der Waals surface area contributed by atoms with E-state index in [2.05, 4.69) is 44.8 Å². The monoisotopic (exact) mass is 477 g/mol. The van der Waals surface area contributed by atoms with Crippen molar-refractivity contribution in [3.05, 3.63) is 27.7 Å². The maximum atomic E-state index is 6.34. The number of halogens is 2. The average molecular weight is 479 g/mol. The van der Waals surface area contributed by atoms with Gasteiger partial charge in [0, 0.05) is 16.6 Å². The van der Waals surface area contributed by atoms with Crippen LogP contribution in [0.25, 0.3) is 11.4 Å². The highest BCUT2D eigenvalue weighted by atomic mass is 79.9. The van der Waals surface area contributed by atoms with Crippen LogP contribution in [0.3, 0.4) is 0 Å². The first kappa shape index (κ1) is 22.5. The van der Waals surface area contributed by atoms with Crippen LogP contribution in [-0.4, -0.2) is 52.0 Å². The summed E-state index contributed by atoms with van der Waals surface area (Å²) >= 11 is 9.75. The number of aromatic nitrogens is 3. The molecule has 0 saturated heterocycles. The molecule has 5 nitrogen and oxygen atoms in total. The zero-order chi connectivity index (χ0) is 20.0. The van der Waals surface area contributed by atoms with Crippen LogP contribution in [0, 0.1) is 0 Å². The van der Waals surface area contributed by atoms with Crippen LogP contribution < -0.4 is 4.74 Å². The first-order valence-electron chi connectivity index (χ1n) is 8.96. The quantitative estimate of drug-likeness (QED) is 0.417. The van der Waals surface area contributed by atoms with E-state index in [-0.39, 0.29) is 6.10 Å². The molecule has 1 heterocycles. The van der Waals surface area contributed by atoms with E-state index in [4.69, 9.17) is 21.1 Å². The molecule has 1 aromatic heterocycles. The van der Waals surface area contributed by atoms with Crippen molar-refractivity contribution in [3.63, 3.8) is 0 Å². The average Bonchev–Trinajstić information content (AvgIpc) is 2.91. The number of hydrogen-bond donors (Lipinski definition) is 0. The summed E-state index contributed by atoms with van der Waals surface area (Å²) in [5.74, 6) is 1.80. The number of rotatable bonds is 10. The first-order chi connectivity index (χ1) is 12.7. The SMILES string of the molecule is CC(C)Oc1nc(-c2ccc(Br)cc2Cl)nn1COCCCCS(C)(C)C. The van der Waals surface area contributed by atoms with Gasteiger partial charge in [-0.3, -0.25) is 0 Å². The summed E-state index contributed by atoms with van der Waals surface area (Å²) in [6, 6.07) is 6.08. The number of unbranched alkanes of at least 4 members (excludes halogenated alkanes) is 1. The molecule has 0 bridgehead atoms. The molecule has 0 unspecified atom stereocenters. The zero-order valence-corrected chi connectivity index (χ0v) is 19.8. The van der Waals surface area contributed by atoms with Crippen molar-refractivity contribution in [2.75, 3.05) is 31.1 Å². The normalized spacial score (nSPS) is 12.6. The molecule has 8 heteroatoms. The molecule has 0 saturated carbocycles. The molecule has 0 spiro atoms. The number of ether oxygens (including phenoxy) is 2. The standard InChI is InChI=1S/C19H29BrClN3O2S/c1-14(2)26-19-22-18(16-9-8-15(20)12-17(16)21)23-24(19)13-25-10-6-7-11-27(3,4)5/h8-9,12,14H,6-7,10-11,13H2,1-5H3. The van der Waals surface area contributed by atoms with Crippen molar-refractivity contribution in [2.24, 2.45) is 0 Å². The molecule has 1 aromatic carbocycles. The lowest BCUT2D eigenvalue weighted by molar-refractivity contribution is 0.0559. The second-order valence-electron chi connectivity index (χ2n) is 7.55. The summed E-state index contributed by atoms with van der Waals surface area (Å²) in [6.07, 6.45) is 9.25. The van der Waals surface area contributed by atoms with Gasteiger partial charge >= 0.3 is 6.01 Å². The van der Waals surface area contributed by atoms with E-state index in [1.54, 1.807) is 4.68 Å². The van der Waals surface area contributed by atoms with Gasteiger partial charge in [0.15, 0.2) is 5.82 Å². The van der Waals surface area contributed by atoms with Crippen molar-refractivity contribution in [3.8, 4) is 17.4 Å². The molecule has 0 N–H and O–H groups in total. The highest BCUT2D eigenvalue weighted by molar-refractivity contribution is 9.10. The Kier molecular flexibility index (Phi) is 8.46. The summed E-state index contributed by atoms with van der Waals surface area (Å²) < 4.78 is 14.2. The Balaban J connectivity index is 2.03. The molecule has 0 aliphatic heterocycles. The van der Waals surface area contributed by atoms with Gasteiger partial charge in [0.05, 0.1) is 11.1 Å². The van der Waals surface area contributed by atoms with Gasteiger partial charge in [-0.25, -0.2) is 10.0 Å². The lowest BCUT2D eigenvalue weighted by Crippen LogP contribution is -2.13. The highest BCUT2D eigenvalue weighted by Crippen LogP contribution is 2.35. The predicted octanol–water partition coefficient (Wildman–Crippen LogP) is 5.60. The summed E-state index contributed by atoms with van der Waals surface area (Å²) in [5, 5.41) is 5.13. The molecular weight excluding hydrogens is 450 g/mol. The van der Waals surface area contributed by atoms with Crippen molar-refractivity contribution in [1.82, 2.24) is 14.8 Å². The van der Waals surface area contributed by atoms with Gasteiger partial charge in [-0.1, -0.05) is 27.5 Å². The Hall–Kier alpha value is -0.760. The molecule has 27 heavy (non-hydrogen) atoms. The van der Waals surface area contributed by atoms with Crippen LogP contribution in [-0.2, 0) is 11.5 Å². The van der Waals surface area contributed by atoms with Crippen LogP contribution in [0.2, 0.25) is 5.02 Å². The molecule has 2 aromatic rings. The molecular formula is C19H29BrClN3O2S. The Morgan fingerprint density at radius 2 is 1.96 bits per heavy atom. The fourth-order valence-corrected chi connectivity index (χ4v) is 4.21. The molecule has 0 aliphatic rings. The van der Waals surface area contributed by atoms with Gasteiger partial charge in [0.2, 0.25) is 0 Å². The fraction of sp³-hybridized carbons (Fsp3) is 0.579. The van der Waals surface area contributed by atoms with Crippen LogP contribution in [0.4, 0.5) is 0 Å². The van der Waals surface area contributed by atoms with E-state index in [9.17, 15) is 0 Å². The lowest BCUT2D eigenvalue weighted by Gasteiger charge is -2.24. The summed E-state index contributed by atoms with van der Waals surface area (Å²) in [4.78, 5) is 4.51. The van der Waals surface area contributed by atoms with Crippen LogP contribution in [0.15, 0.2) is 22.7 Å². The minimum atomic E-state index is -0.437. The maximum Gasteiger partial charge on any atom is 0.317 e. The van der Waals surface area contributed by atoms with E-state index >= 15 is 0 Å². The van der Waals surface area contributed by atoms with E-state index in [1.165, 1.54) is 12.2 Å². The zero-order valence-electron chi connectivity index (χ0n) is 16.7. The first-order valence-corrected chi connectivity index (χ1v) is 13.2. The van der Waals surface area contributed by atoms with Gasteiger partial charge in [0.1, 0.15) is 6.73 Å². The smallest absolute Gasteiger partial charge is 0.317 e. The molecule has 0 amide bonds. The number of benzene rings is 1. The largest absolute Gasteiger partial charge is 0.461 e. The Morgan fingerprint density at radius 3 is 2.59 bits per heavy atom. The second kappa shape index (κ2) is 10.1. The molecule has 2 rings (SSSR count). The Bertz CT molecular complexity index is 747. The molecule has 0 atom stereocenters. The minimum Gasteiger partial charge on any atom is -0.461 e. The van der Waals surface area contributed by atoms with Crippen LogP contribution >= 0.6 is 37.6 Å². The third kappa shape index (κ3) is 7.64. The molecule has 152 valence electrons. The van der Waals surface area contributed by atoms with Gasteiger partial charge in [-0.2, -0.15) is 9.67 Å². The highest BCUT2D eigenvalue weighted by Gasteiger charge is 2.16. The molecule has 0 aliphatic carbocycles. The van der Waals surface area contributed by atoms with Crippen LogP contribution in [0.1, 0.15) is 26.7 Å². The van der Waals surface area contributed by atoms with Crippen molar-refractivity contribution in [2.45, 2.75) is 39.5 Å². The number of nitrogens with zero attached hydrogens (tertiary/aromatic N) is 3. The fourth-order valence-electron chi connectivity index (χ4n) is 2.39. The van der Waals surface area contributed by atoms with E-state index in [1.807, 2.05) is 32.0 Å². The maximum absolute atomic E-state index is 6.34. The Labute approximate surface area is 177 Å². The third-order valence-corrected chi connectivity index (χ3v) is 5.98. The predicted molar refractivity (Wildman–Crippen MR) is 119 cm³/mol. The van der Waals surface area contributed by atoms with Gasteiger partial charge in [-0.15, -0.1) is 5.10 Å². The van der Waals surface area contributed by atoms with E-state index < -0.39 is 10.0 Å². The summed E-state index contributed by atoms with van der Waals surface area (Å²) in [7, 11) is -0.437. The molecule has 0 fully saturated rings. The van der Waals surface area contributed by atoms with Crippen LogP contribution in [0.5, 0.6) is 6.01 Å². The van der Waals surface area contributed by atoms with Crippen molar-refractivity contribution in [1.29, 1.82) is 0 Å². The Morgan fingerprint density at radius 1 is 1.22 bits per heavy atom. The van der Waals surface area contributed by atoms with Crippen molar-refractivity contribution < 1.29 is 9.47 Å². The summed E-state index contributed by atoms with van der Waals surface area (Å²) in [5.41, 5.74) is 0.764. The number of hydrogen-bond acceptors (Lipinski definition) is 4. The van der Waals surface area contributed by atoms with Gasteiger partial charge in [-0.05, 0) is 69.4 Å². The van der Waals surface area contributed by atoms with E-state index in [0.29, 0.717) is 30.2 Å². The minimum absolute atomic E-state index is 0.00375. The lowest BCUT2D eigenvalue weighted by atomic mass is 10.2. The van der Waals surface area contributed by atoms with Gasteiger partial charge in [0.25, 0.3) is 0 Å². The molecule has 0 radical (unpaired) electrons. The van der Waals surface area contributed by atoms with Gasteiger partial charge < -0.3 is 9.47 Å².